The van der Waals surface area contributed by atoms with E-state index < -0.39 is 0 Å². The maximum Gasteiger partial charge on any atom is 0.0826 e. The van der Waals surface area contributed by atoms with E-state index in [1.807, 2.05) is 11.8 Å². The highest BCUT2D eigenvalue weighted by molar-refractivity contribution is 7.98. The molecule has 82 valence electrons. The van der Waals surface area contributed by atoms with Gasteiger partial charge in [-0.1, -0.05) is 13.0 Å². The van der Waals surface area contributed by atoms with Crippen molar-refractivity contribution in [2.45, 2.75) is 23.7 Å². The maximum absolute atomic E-state index is 10.2. The monoisotopic (exact) mass is 240 g/mol. The van der Waals surface area contributed by atoms with Gasteiger partial charge < -0.3 is 5.11 Å². The van der Waals surface area contributed by atoms with E-state index in [4.69, 9.17) is 0 Å². The molecule has 0 fully saturated rings. The number of rotatable bonds is 1. The third-order valence-corrected chi connectivity index (χ3v) is 4.85. The molecular formula is C12H16OS2. The molecule has 2 rings (SSSR count). The lowest BCUT2D eigenvalue weighted by Crippen LogP contribution is -2.10. The normalized spacial score (nSPS) is 25.8. The van der Waals surface area contributed by atoms with E-state index in [0.29, 0.717) is 5.92 Å². The maximum atomic E-state index is 10.2. The fourth-order valence-electron chi connectivity index (χ4n) is 1.86. The van der Waals surface area contributed by atoms with Gasteiger partial charge in [-0.25, -0.2) is 0 Å². The average molecular weight is 240 g/mol. The summed E-state index contributed by atoms with van der Waals surface area (Å²) in [5.41, 5.74) is 2.44. The highest BCUT2D eigenvalue weighted by atomic mass is 32.2. The van der Waals surface area contributed by atoms with E-state index in [2.05, 4.69) is 31.4 Å². The number of hydrogen-bond donors (Lipinski definition) is 1. The van der Waals surface area contributed by atoms with Crippen LogP contribution in [0.1, 0.15) is 24.2 Å². The topological polar surface area (TPSA) is 20.2 Å². The summed E-state index contributed by atoms with van der Waals surface area (Å²) < 4.78 is 0. The summed E-state index contributed by atoms with van der Waals surface area (Å²) in [6.07, 6.45) is 1.78. The predicted octanol–water partition coefficient (Wildman–Crippen LogP) is 3.32. The van der Waals surface area contributed by atoms with Crippen LogP contribution in [0.2, 0.25) is 0 Å². The first kappa shape index (κ1) is 11.4. The first-order chi connectivity index (χ1) is 7.22. The number of aliphatic hydroxyl groups excluding tert-OH is 1. The molecule has 1 aromatic carbocycles. The Bertz CT molecular complexity index is 351. The minimum Gasteiger partial charge on any atom is -0.388 e. The van der Waals surface area contributed by atoms with Crippen LogP contribution in [0.15, 0.2) is 23.1 Å². The van der Waals surface area contributed by atoms with E-state index >= 15 is 0 Å². The van der Waals surface area contributed by atoms with Gasteiger partial charge in [-0.05, 0) is 41.2 Å². The second-order valence-electron chi connectivity index (χ2n) is 4.00. The fraction of sp³-hybridized carbons (Fsp3) is 0.500. The van der Waals surface area contributed by atoms with Crippen LogP contribution in [0.4, 0.5) is 0 Å². The first-order valence-corrected chi connectivity index (χ1v) is 7.53. The highest BCUT2D eigenvalue weighted by Crippen LogP contribution is 2.35. The zero-order chi connectivity index (χ0) is 10.8. The van der Waals surface area contributed by atoms with Crippen molar-refractivity contribution in [1.82, 2.24) is 0 Å². The lowest BCUT2D eigenvalue weighted by molar-refractivity contribution is 0.129. The first-order valence-electron chi connectivity index (χ1n) is 5.15. The standard InChI is InChI=1S/C12H16OS2/c1-8-6-15-7-9-3-4-10(14-2)5-11(9)12(8)13/h3-5,8,12-13H,6-7H2,1-2H3. The molecule has 2 atom stereocenters. The minimum absolute atomic E-state index is 0.290. The molecule has 0 aromatic heterocycles. The van der Waals surface area contributed by atoms with Crippen LogP contribution < -0.4 is 0 Å². The van der Waals surface area contributed by atoms with Crippen LogP contribution in [-0.4, -0.2) is 17.1 Å². The quantitative estimate of drug-likeness (QED) is 0.760. The van der Waals surface area contributed by atoms with Gasteiger partial charge in [0, 0.05) is 10.6 Å². The molecule has 0 saturated heterocycles. The van der Waals surface area contributed by atoms with Crippen LogP contribution in [-0.2, 0) is 5.75 Å². The van der Waals surface area contributed by atoms with Gasteiger partial charge in [0.2, 0.25) is 0 Å². The number of thioether (sulfide) groups is 2. The summed E-state index contributed by atoms with van der Waals surface area (Å²) in [6, 6.07) is 6.45. The Hall–Kier alpha value is -0.120. The highest BCUT2D eigenvalue weighted by Gasteiger charge is 2.22. The number of fused-ring (bicyclic) bond motifs is 1. The van der Waals surface area contributed by atoms with Gasteiger partial charge in [0.1, 0.15) is 0 Å². The van der Waals surface area contributed by atoms with Crippen LogP contribution in [0.3, 0.4) is 0 Å². The molecule has 1 nitrogen and oxygen atoms in total. The largest absolute Gasteiger partial charge is 0.388 e. The minimum atomic E-state index is -0.290. The van der Waals surface area contributed by atoms with Gasteiger partial charge >= 0.3 is 0 Å². The summed E-state index contributed by atoms with van der Waals surface area (Å²) in [5.74, 6) is 2.43. The molecule has 0 spiro atoms. The van der Waals surface area contributed by atoms with Crippen molar-refractivity contribution in [1.29, 1.82) is 0 Å². The van der Waals surface area contributed by atoms with Crippen molar-refractivity contribution in [3.63, 3.8) is 0 Å². The summed E-state index contributed by atoms with van der Waals surface area (Å²) in [5, 5.41) is 10.2. The van der Waals surface area contributed by atoms with E-state index in [0.717, 1.165) is 17.1 Å². The Balaban J connectivity index is 2.41. The SMILES string of the molecule is CSc1ccc2c(c1)C(O)C(C)CSC2. The molecule has 1 aromatic rings. The van der Waals surface area contributed by atoms with Gasteiger partial charge in [-0.15, -0.1) is 11.8 Å². The van der Waals surface area contributed by atoms with Crippen molar-refractivity contribution in [3.8, 4) is 0 Å². The Morgan fingerprint density at radius 3 is 3.00 bits per heavy atom. The lowest BCUT2D eigenvalue weighted by Gasteiger charge is -2.17. The second kappa shape index (κ2) is 4.81. The Morgan fingerprint density at radius 2 is 2.27 bits per heavy atom. The van der Waals surface area contributed by atoms with Gasteiger partial charge in [-0.3, -0.25) is 0 Å². The summed E-state index contributed by atoms with van der Waals surface area (Å²) >= 11 is 3.65. The third-order valence-electron chi connectivity index (χ3n) is 2.85. The zero-order valence-corrected chi connectivity index (χ0v) is 10.7. The molecule has 15 heavy (non-hydrogen) atoms. The van der Waals surface area contributed by atoms with Crippen LogP contribution in [0.25, 0.3) is 0 Å². The molecule has 1 aliphatic rings. The van der Waals surface area contributed by atoms with Crippen molar-refractivity contribution in [2.24, 2.45) is 5.92 Å². The van der Waals surface area contributed by atoms with Crippen molar-refractivity contribution in [2.75, 3.05) is 12.0 Å². The molecule has 0 saturated carbocycles. The molecule has 1 heterocycles. The Labute approximate surface area is 99.7 Å². The van der Waals surface area contributed by atoms with Crippen LogP contribution >= 0.6 is 23.5 Å². The second-order valence-corrected chi connectivity index (χ2v) is 5.91. The zero-order valence-electron chi connectivity index (χ0n) is 9.06. The summed E-state index contributed by atoms with van der Waals surface area (Å²) in [4.78, 5) is 1.24. The smallest absolute Gasteiger partial charge is 0.0826 e. The number of hydrogen-bond acceptors (Lipinski definition) is 3. The van der Waals surface area contributed by atoms with Gasteiger partial charge in [0.25, 0.3) is 0 Å². The molecule has 0 amide bonds. The molecule has 0 radical (unpaired) electrons. The van der Waals surface area contributed by atoms with E-state index in [1.54, 1.807) is 11.8 Å². The van der Waals surface area contributed by atoms with Crippen molar-refractivity contribution in [3.05, 3.63) is 29.3 Å². The molecule has 2 unspecified atom stereocenters. The van der Waals surface area contributed by atoms with Crippen molar-refractivity contribution >= 4 is 23.5 Å². The van der Waals surface area contributed by atoms with E-state index in [9.17, 15) is 5.11 Å². The number of aliphatic hydroxyl groups is 1. The van der Waals surface area contributed by atoms with Gasteiger partial charge in [0.05, 0.1) is 6.10 Å². The predicted molar refractivity (Wildman–Crippen MR) is 68.5 cm³/mol. The van der Waals surface area contributed by atoms with E-state index in [-0.39, 0.29) is 6.10 Å². The van der Waals surface area contributed by atoms with Crippen LogP contribution in [0.5, 0.6) is 0 Å². The summed E-state index contributed by atoms with van der Waals surface area (Å²) in [7, 11) is 0. The summed E-state index contributed by atoms with van der Waals surface area (Å²) in [6.45, 7) is 2.12. The fourth-order valence-corrected chi connectivity index (χ4v) is 3.46. The third kappa shape index (κ3) is 2.35. The molecule has 1 aliphatic heterocycles. The molecular weight excluding hydrogens is 224 g/mol. The molecule has 3 heteroatoms. The average Bonchev–Trinajstić information content (AvgIpc) is 2.40. The van der Waals surface area contributed by atoms with Crippen LogP contribution in [0, 0.1) is 5.92 Å². The van der Waals surface area contributed by atoms with Crippen molar-refractivity contribution < 1.29 is 5.11 Å². The van der Waals surface area contributed by atoms with Gasteiger partial charge in [0.15, 0.2) is 0 Å². The molecule has 0 bridgehead atoms. The molecule has 0 aliphatic carbocycles. The lowest BCUT2D eigenvalue weighted by atomic mass is 9.95. The van der Waals surface area contributed by atoms with E-state index in [1.165, 1.54) is 10.5 Å². The Kier molecular flexibility index (Phi) is 3.65. The molecule has 1 N–H and O–H groups in total. The van der Waals surface area contributed by atoms with Gasteiger partial charge in [-0.2, -0.15) is 11.8 Å². The number of benzene rings is 1. The Morgan fingerprint density at radius 1 is 1.47 bits per heavy atom.